The van der Waals surface area contributed by atoms with Crippen LogP contribution < -0.4 is 14.4 Å². The predicted octanol–water partition coefficient (Wildman–Crippen LogP) is 7.08. The van der Waals surface area contributed by atoms with Crippen LogP contribution in [-0.2, 0) is 22.8 Å². The van der Waals surface area contributed by atoms with Gasteiger partial charge >= 0.3 is 0 Å². The Morgan fingerprint density at radius 1 is 1.02 bits per heavy atom. The third-order valence-electron chi connectivity index (χ3n) is 10.6. The highest BCUT2D eigenvalue weighted by atomic mass is 35.5. The van der Waals surface area contributed by atoms with Gasteiger partial charge in [-0.2, -0.15) is 0 Å². The molecule has 2 heterocycles. The molecule has 0 radical (unpaired) electrons. The number of anilines is 1. The first-order chi connectivity index (χ1) is 19.2. The van der Waals surface area contributed by atoms with Crippen LogP contribution >= 0.6 is 11.6 Å². The first-order valence-electron chi connectivity index (χ1n) is 15.3. The summed E-state index contributed by atoms with van der Waals surface area (Å²) in [6.07, 6.45) is 9.17. The fourth-order valence-electron chi connectivity index (χ4n) is 7.77. The number of nitrogens with one attached hydrogen (secondary N) is 1. The first-order valence-corrected chi connectivity index (χ1v) is 16.9. The minimum absolute atomic E-state index is 0.0935. The lowest BCUT2D eigenvalue weighted by molar-refractivity contribution is 0.0982. The Morgan fingerprint density at radius 3 is 2.65 bits per heavy atom. The molecule has 7 heteroatoms. The van der Waals surface area contributed by atoms with Crippen molar-refractivity contribution < 1.29 is 13.7 Å². The van der Waals surface area contributed by atoms with Crippen molar-refractivity contribution in [2.24, 2.45) is 23.7 Å². The second-order valence-electron chi connectivity index (χ2n) is 13.1. The Balaban J connectivity index is 1.39. The maximum absolute atomic E-state index is 13.3. The second kappa shape index (κ2) is 11.3. The van der Waals surface area contributed by atoms with Crippen LogP contribution in [0.5, 0.6) is 5.75 Å². The molecule has 40 heavy (non-hydrogen) atoms. The number of nitrogens with zero attached hydrogens (tertiary/aromatic N) is 1. The van der Waals surface area contributed by atoms with Gasteiger partial charge in [0, 0.05) is 29.1 Å². The number of aryl methyl sites for hydroxylation is 1. The Labute approximate surface area is 247 Å². The van der Waals surface area contributed by atoms with E-state index in [0.29, 0.717) is 29.9 Å². The number of carbonyl (C=O) groups excluding carboxylic acids is 1. The van der Waals surface area contributed by atoms with Gasteiger partial charge in [0.1, 0.15) is 16.7 Å². The number of hydrogen-bond donors (Lipinski definition) is 1. The van der Waals surface area contributed by atoms with Crippen LogP contribution in [0.2, 0.25) is 5.02 Å². The van der Waals surface area contributed by atoms with E-state index in [0.717, 1.165) is 67.6 Å². The van der Waals surface area contributed by atoms with Crippen molar-refractivity contribution in [1.29, 1.82) is 0 Å². The number of carbonyl (C=O) groups is 1. The molecular weight excluding hydrogens is 540 g/mol. The molecule has 216 valence electrons. The first kappa shape index (κ1) is 28.1. The summed E-state index contributed by atoms with van der Waals surface area (Å²) >= 11 is 6.42. The Hall–Kier alpha value is -2.05. The number of benzene rings is 2. The van der Waals surface area contributed by atoms with Crippen molar-refractivity contribution in [3.63, 3.8) is 0 Å². The number of fused-ring (bicyclic) bond motifs is 4. The van der Waals surface area contributed by atoms with E-state index in [1.165, 1.54) is 30.4 Å². The van der Waals surface area contributed by atoms with Crippen LogP contribution in [0.4, 0.5) is 5.69 Å². The summed E-state index contributed by atoms with van der Waals surface area (Å²) in [5.41, 5.74) is 4.10. The molecule has 6 rings (SSSR count). The summed E-state index contributed by atoms with van der Waals surface area (Å²) < 4.78 is 22.5. The molecule has 5 nitrogen and oxygen atoms in total. The summed E-state index contributed by atoms with van der Waals surface area (Å²) in [6.45, 7) is 9.04. The second-order valence-corrected chi connectivity index (χ2v) is 15.1. The van der Waals surface area contributed by atoms with E-state index in [4.69, 9.17) is 16.3 Å². The standard InChI is InChI=1S/C33H43ClN2O3S/c1-21-6-4-7-22(2)28-12-9-26(28)18-36-19-33(15-5-8-24-16-27(34)11-13-29(24)33)20-39-31-14-10-25(17-30(31)36)32(37)35-40(38)23(21)3/h10-11,13-14,16-17,21-23,26,28H,4-9,12,15,18-20H2,1-3H3,(H,35,37). The van der Waals surface area contributed by atoms with Gasteiger partial charge in [0.05, 0.1) is 17.5 Å². The topological polar surface area (TPSA) is 58.6 Å². The minimum atomic E-state index is -1.43. The average molecular weight is 583 g/mol. The molecule has 7 unspecified atom stereocenters. The van der Waals surface area contributed by atoms with Crippen molar-refractivity contribution >= 4 is 34.2 Å². The average Bonchev–Trinajstić information content (AvgIpc) is 3.07. The molecule has 2 bridgehead atoms. The van der Waals surface area contributed by atoms with E-state index in [1.807, 2.05) is 31.2 Å². The van der Waals surface area contributed by atoms with Gasteiger partial charge in [0.25, 0.3) is 5.91 Å². The van der Waals surface area contributed by atoms with Crippen molar-refractivity contribution in [3.05, 3.63) is 58.1 Å². The van der Waals surface area contributed by atoms with Gasteiger partial charge in [-0.1, -0.05) is 44.4 Å². The quantitative estimate of drug-likeness (QED) is 0.361. The number of ether oxygens (including phenoxy) is 1. The molecule has 0 saturated heterocycles. The van der Waals surface area contributed by atoms with Crippen LogP contribution in [0.25, 0.3) is 0 Å². The number of hydrogen-bond acceptors (Lipinski definition) is 4. The lowest BCUT2D eigenvalue weighted by atomic mass is 9.65. The van der Waals surface area contributed by atoms with Crippen molar-refractivity contribution in [1.82, 2.24) is 4.72 Å². The molecule has 1 saturated carbocycles. The van der Waals surface area contributed by atoms with Crippen LogP contribution in [0.3, 0.4) is 0 Å². The highest BCUT2D eigenvalue weighted by Crippen LogP contribution is 2.47. The van der Waals surface area contributed by atoms with E-state index in [2.05, 4.69) is 35.6 Å². The zero-order valence-corrected chi connectivity index (χ0v) is 25.7. The molecule has 1 N–H and O–H groups in total. The highest BCUT2D eigenvalue weighted by Gasteiger charge is 2.44. The molecule has 1 amide bonds. The van der Waals surface area contributed by atoms with Gasteiger partial charge in [0.2, 0.25) is 0 Å². The van der Waals surface area contributed by atoms with Gasteiger partial charge in [-0.05, 0) is 111 Å². The molecular formula is C33H43ClN2O3S. The number of halogens is 1. The lowest BCUT2D eigenvalue weighted by Gasteiger charge is -2.46. The normalized spacial score (nSPS) is 34.5. The van der Waals surface area contributed by atoms with Crippen molar-refractivity contribution in [3.8, 4) is 5.75 Å². The summed E-state index contributed by atoms with van der Waals surface area (Å²) in [6, 6.07) is 12.1. The molecule has 2 aliphatic heterocycles. The number of rotatable bonds is 0. The lowest BCUT2D eigenvalue weighted by Crippen LogP contribution is -2.49. The summed E-state index contributed by atoms with van der Waals surface area (Å²) in [4.78, 5) is 15.9. The van der Waals surface area contributed by atoms with E-state index in [-0.39, 0.29) is 16.6 Å². The van der Waals surface area contributed by atoms with Crippen LogP contribution in [0.15, 0.2) is 36.4 Å². The summed E-state index contributed by atoms with van der Waals surface area (Å²) in [5.74, 6) is 2.89. The van der Waals surface area contributed by atoms with Crippen LogP contribution in [0.1, 0.15) is 87.2 Å². The molecule has 0 aromatic heterocycles. The Kier molecular flexibility index (Phi) is 7.95. The van der Waals surface area contributed by atoms with Gasteiger partial charge in [0.15, 0.2) is 0 Å². The smallest absolute Gasteiger partial charge is 0.263 e. The SMILES string of the molecule is CC1CCCC(C)C(C)S(=O)NC(=O)c2ccc3c(c2)N(CC2CCC12)CC1(CCCc2cc(Cl)ccc21)CO3. The van der Waals surface area contributed by atoms with E-state index in [9.17, 15) is 9.00 Å². The molecule has 2 aromatic rings. The minimum Gasteiger partial charge on any atom is -0.490 e. The van der Waals surface area contributed by atoms with Gasteiger partial charge in [-0.3, -0.25) is 9.52 Å². The molecule has 1 spiro atoms. The number of amides is 1. The Bertz CT molecular complexity index is 1300. The molecule has 7 atom stereocenters. The molecule has 1 fully saturated rings. The van der Waals surface area contributed by atoms with E-state index >= 15 is 0 Å². The van der Waals surface area contributed by atoms with Crippen LogP contribution in [0, 0.1) is 23.7 Å². The predicted molar refractivity (Wildman–Crippen MR) is 164 cm³/mol. The maximum atomic E-state index is 13.3. The monoisotopic (exact) mass is 582 g/mol. The van der Waals surface area contributed by atoms with Gasteiger partial charge < -0.3 is 9.64 Å². The van der Waals surface area contributed by atoms with Gasteiger partial charge in [-0.25, -0.2) is 4.21 Å². The van der Waals surface area contributed by atoms with Crippen molar-refractivity contribution in [2.75, 3.05) is 24.6 Å². The van der Waals surface area contributed by atoms with E-state index in [1.54, 1.807) is 0 Å². The third-order valence-corrected chi connectivity index (χ3v) is 12.4. The van der Waals surface area contributed by atoms with Gasteiger partial charge in [-0.15, -0.1) is 0 Å². The molecule has 2 aromatic carbocycles. The zero-order valence-electron chi connectivity index (χ0n) is 24.1. The summed E-state index contributed by atoms with van der Waals surface area (Å²) in [7, 11) is -1.43. The van der Waals surface area contributed by atoms with E-state index < -0.39 is 11.0 Å². The molecule has 4 aliphatic rings. The van der Waals surface area contributed by atoms with Crippen LogP contribution in [-0.4, -0.2) is 35.1 Å². The largest absolute Gasteiger partial charge is 0.490 e. The fraction of sp³-hybridized carbons (Fsp3) is 0.606. The highest BCUT2D eigenvalue weighted by molar-refractivity contribution is 7.84. The zero-order chi connectivity index (χ0) is 28.0. The fourth-order valence-corrected chi connectivity index (χ4v) is 9.01. The summed E-state index contributed by atoms with van der Waals surface area (Å²) in [5, 5.41) is 0.700. The third kappa shape index (κ3) is 5.31. The Morgan fingerprint density at radius 2 is 1.85 bits per heavy atom. The van der Waals surface area contributed by atoms with Crippen molar-refractivity contribution in [2.45, 2.75) is 82.8 Å². The molecule has 2 aliphatic carbocycles. The maximum Gasteiger partial charge on any atom is 0.263 e.